The lowest BCUT2D eigenvalue weighted by atomic mass is 10.0. The van der Waals surface area contributed by atoms with E-state index in [-0.39, 0.29) is 0 Å². The number of carbonyl (C=O) groups excluding carboxylic acids is 1. The number of benzene rings is 2. The van der Waals surface area contributed by atoms with Gasteiger partial charge in [0.2, 0.25) is 0 Å². The predicted octanol–water partition coefficient (Wildman–Crippen LogP) is 4.62. The van der Waals surface area contributed by atoms with Crippen molar-refractivity contribution < 1.29 is 14.3 Å². The van der Waals surface area contributed by atoms with Crippen molar-refractivity contribution in [3.05, 3.63) is 65.6 Å². The van der Waals surface area contributed by atoms with Gasteiger partial charge in [-0.25, -0.2) is 4.79 Å². The number of hydrogen-bond acceptors (Lipinski definition) is 5. The van der Waals surface area contributed by atoms with Gasteiger partial charge in [-0.3, -0.25) is 4.98 Å². The minimum Gasteiger partial charge on any atom is -0.493 e. The van der Waals surface area contributed by atoms with E-state index in [1.807, 2.05) is 48.5 Å². The molecule has 4 rings (SSSR count). The Balaban J connectivity index is 1.82. The van der Waals surface area contributed by atoms with Crippen molar-refractivity contribution >= 4 is 40.1 Å². The van der Waals surface area contributed by atoms with Crippen LogP contribution in [0, 0.1) is 0 Å². The second-order valence-electron chi connectivity index (χ2n) is 6.20. The summed E-state index contributed by atoms with van der Waals surface area (Å²) in [5.41, 5.74) is 2.96. The second kappa shape index (κ2) is 6.93. The quantitative estimate of drug-likeness (QED) is 0.375. The number of carbonyl (C=O) groups is 1. The summed E-state index contributed by atoms with van der Waals surface area (Å²) in [6.07, 6.45) is 5.56. The molecule has 2 heterocycles. The average Bonchev–Trinajstić information content (AvgIpc) is 2.71. The number of nitrogens with zero attached hydrogens (tertiary/aromatic N) is 2. The number of ether oxygens (including phenoxy) is 2. The Kier molecular flexibility index (Phi) is 4.46. The van der Waals surface area contributed by atoms with Gasteiger partial charge in [-0.1, -0.05) is 12.1 Å². The van der Waals surface area contributed by atoms with Crippen molar-refractivity contribution in [3.8, 4) is 11.5 Å². The van der Waals surface area contributed by atoms with Gasteiger partial charge >= 0.3 is 5.97 Å². The van der Waals surface area contributed by atoms with Crippen molar-refractivity contribution in [2.45, 2.75) is 5.88 Å². The summed E-state index contributed by atoms with van der Waals surface area (Å²) in [5.74, 6) is 0.795. The zero-order chi connectivity index (χ0) is 19.0. The third-order valence-corrected chi connectivity index (χ3v) is 4.85. The third-order valence-electron chi connectivity index (χ3n) is 4.54. The maximum atomic E-state index is 12.7. The van der Waals surface area contributed by atoms with Gasteiger partial charge in [0.15, 0.2) is 11.5 Å². The molecule has 0 amide bonds. The molecule has 0 fully saturated rings. The minimum atomic E-state index is -0.460. The first kappa shape index (κ1) is 17.4. The highest BCUT2D eigenvalue weighted by atomic mass is 35.5. The van der Waals surface area contributed by atoms with Gasteiger partial charge < -0.3 is 14.4 Å². The molecule has 0 aliphatic carbocycles. The summed E-state index contributed by atoms with van der Waals surface area (Å²) in [6.45, 7) is 0. The molecule has 27 heavy (non-hydrogen) atoms. The molecule has 2 aromatic carbocycles. The van der Waals surface area contributed by atoms with Gasteiger partial charge in [0.1, 0.15) is 0 Å². The molecule has 1 aliphatic rings. The van der Waals surface area contributed by atoms with Crippen LogP contribution in [0.2, 0.25) is 0 Å². The molecule has 1 aliphatic heterocycles. The summed E-state index contributed by atoms with van der Waals surface area (Å²) in [5, 5.41) is 1.89. The normalized spacial score (nSPS) is 12.3. The fourth-order valence-corrected chi connectivity index (χ4v) is 3.34. The number of methoxy groups -OCH3 is 1. The number of halogens is 1. The summed E-state index contributed by atoms with van der Waals surface area (Å²) in [6, 6.07) is 10.8. The molecule has 0 saturated heterocycles. The van der Waals surface area contributed by atoms with Crippen LogP contribution in [0.15, 0.2) is 48.8 Å². The SMILES string of the molecule is COc1cc2ccnc3c2c(c1OC(=O)c1ccc(CCl)cc1)N(C)C=C3. The molecule has 0 unspecified atom stereocenters. The smallest absolute Gasteiger partial charge is 0.343 e. The fourth-order valence-electron chi connectivity index (χ4n) is 3.16. The van der Waals surface area contributed by atoms with Gasteiger partial charge in [-0.05, 0) is 41.3 Å². The van der Waals surface area contributed by atoms with Gasteiger partial charge in [-0.15, -0.1) is 11.6 Å². The first-order chi connectivity index (χ1) is 13.1. The molecule has 0 spiro atoms. The van der Waals surface area contributed by atoms with Crippen LogP contribution >= 0.6 is 11.6 Å². The highest BCUT2D eigenvalue weighted by Gasteiger charge is 2.25. The van der Waals surface area contributed by atoms with Crippen LogP contribution in [0.4, 0.5) is 5.69 Å². The Bertz CT molecular complexity index is 1060. The van der Waals surface area contributed by atoms with Crippen LogP contribution in [0.5, 0.6) is 11.5 Å². The summed E-state index contributed by atoms with van der Waals surface area (Å²) >= 11 is 5.81. The number of esters is 1. The molecule has 0 saturated carbocycles. The molecule has 3 aromatic rings. The lowest BCUT2D eigenvalue weighted by Gasteiger charge is -2.25. The highest BCUT2D eigenvalue weighted by Crippen LogP contribution is 2.46. The lowest BCUT2D eigenvalue weighted by Crippen LogP contribution is -2.17. The Hall–Kier alpha value is -3.05. The van der Waals surface area contributed by atoms with Gasteiger partial charge in [-0.2, -0.15) is 0 Å². The van der Waals surface area contributed by atoms with Crippen LogP contribution in [-0.4, -0.2) is 25.1 Å². The summed E-state index contributed by atoms with van der Waals surface area (Å²) < 4.78 is 11.3. The Morgan fingerprint density at radius 1 is 1.22 bits per heavy atom. The van der Waals surface area contributed by atoms with E-state index >= 15 is 0 Å². The molecule has 0 bridgehead atoms. The van der Waals surface area contributed by atoms with E-state index in [0.717, 1.165) is 27.7 Å². The van der Waals surface area contributed by atoms with Crippen molar-refractivity contribution in [2.24, 2.45) is 0 Å². The minimum absolute atomic E-state index is 0.373. The highest BCUT2D eigenvalue weighted by molar-refractivity contribution is 6.17. The van der Waals surface area contributed by atoms with Crippen LogP contribution in [0.3, 0.4) is 0 Å². The van der Waals surface area contributed by atoms with E-state index in [4.69, 9.17) is 21.1 Å². The number of rotatable bonds is 4. The molecule has 6 heteroatoms. The second-order valence-corrected chi connectivity index (χ2v) is 6.46. The monoisotopic (exact) mass is 380 g/mol. The van der Waals surface area contributed by atoms with Crippen molar-refractivity contribution in [2.75, 3.05) is 19.1 Å². The number of aromatic nitrogens is 1. The largest absolute Gasteiger partial charge is 0.493 e. The topological polar surface area (TPSA) is 51.7 Å². The molecule has 0 radical (unpaired) electrons. The first-order valence-electron chi connectivity index (χ1n) is 8.40. The molecule has 136 valence electrons. The van der Waals surface area contributed by atoms with Crippen molar-refractivity contribution in [1.82, 2.24) is 4.98 Å². The van der Waals surface area contributed by atoms with Gasteiger partial charge in [0.05, 0.1) is 24.1 Å². The first-order valence-corrected chi connectivity index (χ1v) is 8.93. The molecular formula is C21H17ClN2O3. The average molecular weight is 381 g/mol. The summed E-state index contributed by atoms with van der Waals surface area (Å²) in [4.78, 5) is 19.1. The van der Waals surface area contributed by atoms with Crippen LogP contribution in [0.25, 0.3) is 16.8 Å². The molecule has 0 atom stereocenters. The summed E-state index contributed by atoms with van der Waals surface area (Å²) in [7, 11) is 3.45. The van der Waals surface area contributed by atoms with E-state index in [0.29, 0.717) is 22.9 Å². The van der Waals surface area contributed by atoms with Crippen molar-refractivity contribution in [1.29, 1.82) is 0 Å². The molecule has 5 nitrogen and oxygen atoms in total. The number of anilines is 1. The van der Waals surface area contributed by atoms with E-state index in [1.54, 1.807) is 25.4 Å². The van der Waals surface area contributed by atoms with Gasteiger partial charge in [0.25, 0.3) is 0 Å². The fraction of sp³-hybridized carbons (Fsp3) is 0.143. The van der Waals surface area contributed by atoms with E-state index in [1.165, 1.54) is 0 Å². The Morgan fingerprint density at radius 3 is 2.70 bits per heavy atom. The third kappa shape index (κ3) is 3.00. The zero-order valence-corrected chi connectivity index (χ0v) is 15.7. The van der Waals surface area contributed by atoms with Crippen LogP contribution < -0.4 is 14.4 Å². The number of hydrogen-bond donors (Lipinski definition) is 0. The Morgan fingerprint density at radius 2 is 2.00 bits per heavy atom. The predicted molar refractivity (Wildman–Crippen MR) is 107 cm³/mol. The maximum absolute atomic E-state index is 12.7. The lowest BCUT2D eigenvalue weighted by molar-refractivity contribution is 0.0731. The van der Waals surface area contributed by atoms with Crippen LogP contribution in [0.1, 0.15) is 21.6 Å². The van der Waals surface area contributed by atoms with E-state index in [9.17, 15) is 4.79 Å². The molecular weight excluding hydrogens is 364 g/mol. The molecule has 1 aromatic heterocycles. The van der Waals surface area contributed by atoms with Crippen LogP contribution in [-0.2, 0) is 5.88 Å². The number of pyridine rings is 1. The standard InChI is InChI=1S/C21H17ClN2O3/c1-24-10-8-16-18-15(7-9-23-16)11-17(26-2)20(19(18)24)27-21(25)14-5-3-13(12-22)4-6-14/h3-11H,12H2,1-2H3. The van der Waals surface area contributed by atoms with Crippen molar-refractivity contribution in [3.63, 3.8) is 0 Å². The maximum Gasteiger partial charge on any atom is 0.343 e. The van der Waals surface area contributed by atoms with Gasteiger partial charge in [0, 0.05) is 30.7 Å². The number of alkyl halides is 1. The zero-order valence-electron chi connectivity index (χ0n) is 14.9. The van der Waals surface area contributed by atoms with E-state index < -0.39 is 5.97 Å². The molecule has 0 N–H and O–H groups in total. The Labute approximate surface area is 161 Å². The van der Waals surface area contributed by atoms with E-state index in [2.05, 4.69) is 4.98 Å².